The van der Waals surface area contributed by atoms with Crippen LogP contribution < -0.4 is 21.3 Å². The standard InChI is InChI=1S/C57H72FN9O7S/c1-11-57(7,8)67-31-38(40-15-12-13-16-45(40)67)30-44-55(73)65(10)47(25-33(2)3)52(70)61-43(28-37-20-23-41-49(29-37)75-32-59-41)50(68)60-35(6)54(72)64(9)46-17-14-24-66(56(46)74)48(26-34(4)5)53(71)62-42(51(69)63-44)27-36-18-21-39(58)22-19-36/h11-13,15-16,18-23,29,31-35,42-44,46-48H,1,14,17,24-28,30H2,2-10H3,(H,60,68)(H,61,70)(H,62,71)(H,63,69)/t35-,42-,43-,44-,46-,47-,48-/m0/s1. The molecule has 16 nitrogen and oxygen atoms in total. The number of carbonyl (C=O) groups excluding carboxylic acids is 7. The number of amides is 7. The Bertz CT molecular complexity index is 2930. The molecule has 0 spiro atoms. The molecule has 400 valence electrons. The van der Waals surface area contributed by atoms with Crippen LogP contribution in [0, 0.1) is 17.7 Å². The first kappa shape index (κ1) is 55.8. The first-order valence-electron chi connectivity index (χ1n) is 25.9. The summed E-state index contributed by atoms with van der Waals surface area (Å²) in [5.41, 5.74) is 4.71. The number of halogens is 1. The third-order valence-corrected chi connectivity index (χ3v) is 15.4. The van der Waals surface area contributed by atoms with E-state index in [0.29, 0.717) is 29.5 Å². The van der Waals surface area contributed by atoms with Gasteiger partial charge in [0.1, 0.15) is 48.1 Å². The van der Waals surface area contributed by atoms with Crippen molar-refractivity contribution in [3.05, 3.63) is 114 Å². The van der Waals surface area contributed by atoms with E-state index < -0.39 is 95.0 Å². The molecule has 75 heavy (non-hydrogen) atoms. The van der Waals surface area contributed by atoms with Gasteiger partial charge in [0.25, 0.3) is 0 Å². The molecule has 4 N–H and O–H groups in total. The number of piperidine rings is 1. The summed E-state index contributed by atoms with van der Waals surface area (Å²) in [6, 6.07) is 10.5. The Kier molecular flexibility index (Phi) is 17.6. The average molecular weight is 1050 g/mol. The Morgan fingerprint density at radius 1 is 0.733 bits per heavy atom. The predicted octanol–water partition coefficient (Wildman–Crippen LogP) is 6.05. The van der Waals surface area contributed by atoms with Gasteiger partial charge in [-0.25, -0.2) is 9.37 Å². The van der Waals surface area contributed by atoms with Crippen LogP contribution >= 0.6 is 11.3 Å². The molecule has 4 heterocycles. The van der Waals surface area contributed by atoms with Gasteiger partial charge in [-0.05, 0) is 105 Å². The smallest absolute Gasteiger partial charge is 0.246 e. The number of aromatic nitrogens is 2. The van der Waals surface area contributed by atoms with Crippen LogP contribution in [-0.2, 0) is 58.4 Å². The predicted molar refractivity (Wildman–Crippen MR) is 289 cm³/mol. The molecule has 0 saturated carbocycles. The lowest BCUT2D eigenvalue weighted by molar-refractivity contribution is -0.153. The summed E-state index contributed by atoms with van der Waals surface area (Å²) >= 11 is 1.43. The molecule has 3 aromatic carbocycles. The minimum absolute atomic E-state index is 0.0157. The fourth-order valence-electron chi connectivity index (χ4n) is 10.2. The Hall–Kier alpha value is -6.95. The number of nitrogens with zero attached hydrogens (tertiary/aromatic N) is 5. The molecule has 0 unspecified atom stereocenters. The number of likely N-dealkylation sites (N-methyl/N-ethyl adjacent to an activating group) is 2. The maximum Gasteiger partial charge on any atom is 0.246 e. The molecule has 5 aromatic rings. The van der Waals surface area contributed by atoms with Crippen molar-refractivity contribution in [2.75, 3.05) is 20.6 Å². The molecular weight excluding hydrogens is 974 g/mol. The maximum absolute atomic E-state index is 15.5. The van der Waals surface area contributed by atoms with Crippen molar-refractivity contribution in [2.45, 2.75) is 141 Å². The maximum atomic E-state index is 15.5. The zero-order chi connectivity index (χ0) is 54.5. The van der Waals surface area contributed by atoms with Crippen LogP contribution in [0.1, 0.15) is 90.8 Å². The molecule has 2 saturated heterocycles. The van der Waals surface area contributed by atoms with Crippen LogP contribution in [0.3, 0.4) is 0 Å². The second kappa shape index (κ2) is 23.7. The lowest BCUT2D eigenvalue weighted by atomic mass is 9.95. The Morgan fingerprint density at radius 3 is 2.00 bits per heavy atom. The van der Waals surface area contributed by atoms with E-state index in [1.54, 1.807) is 5.51 Å². The van der Waals surface area contributed by atoms with Crippen LogP contribution in [0.25, 0.3) is 21.1 Å². The van der Waals surface area contributed by atoms with Crippen LogP contribution in [-0.4, -0.2) is 129 Å². The lowest BCUT2D eigenvalue weighted by Gasteiger charge is -2.41. The number of thiazole rings is 1. The van der Waals surface area contributed by atoms with Crippen LogP contribution in [0.5, 0.6) is 0 Å². The van der Waals surface area contributed by atoms with Crippen molar-refractivity contribution < 1.29 is 38.0 Å². The molecular formula is C57H72FN9O7S. The molecule has 2 bridgehead atoms. The highest BCUT2D eigenvalue weighted by atomic mass is 32.1. The fourth-order valence-corrected chi connectivity index (χ4v) is 11.0. The summed E-state index contributed by atoms with van der Waals surface area (Å²) in [5, 5.41) is 12.5. The topological polar surface area (TPSA) is 195 Å². The summed E-state index contributed by atoms with van der Waals surface area (Å²) in [6.07, 6.45) is 4.72. The summed E-state index contributed by atoms with van der Waals surface area (Å²) in [4.78, 5) is 113. The van der Waals surface area contributed by atoms with Gasteiger partial charge in [-0.15, -0.1) is 17.9 Å². The fraction of sp³-hybridized carbons (Fsp3) is 0.474. The first-order chi connectivity index (χ1) is 35.6. The molecule has 2 fully saturated rings. The molecule has 2 aliphatic heterocycles. The van der Waals surface area contributed by atoms with Crippen LogP contribution in [0.2, 0.25) is 0 Å². The van der Waals surface area contributed by atoms with Crippen LogP contribution in [0.15, 0.2) is 91.1 Å². The minimum atomic E-state index is -1.34. The van der Waals surface area contributed by atoms with E-state index in [2.05, 4.69) is 32.8 Å². The molecule has 2 aliphatic rings. The zero-order valence-electron chi connectivity index (χ0n) is 44.5. The number of para-hydroxylation sites is 1. The number of carbonyl (C=O) groups is 7. The van der Waals surface area contributed by atoms with E-state index in [0.717, 1.165) is 21.1 Å². The lowest BCUT2D eigenvalue weighted by Crippen LogP contribution is -2.62. The zero-order valence-corrected chi connectivity index (χ0v) is 45.3. The third-order valence-electron chi connectivity index (χ3n) is 14.6. The summed E-state index contributed by atoms with van der Waals surface area (Å²) in [7, 11) is 2.99. The molecule has 18 heteroatoms. The van der Waals surface area contributed by atoms with Crippen molar-refractivity contribution in [3.63, 3.8) is 0 Å². The number of fused-ring (bicyclic) bond motifs is 4. The van der Waals surface area contributed by atoms with Gasteiger partial charge in [-0.2, -0.15) is 0 Å². The largest absolute Gasteiger partial charge is 0.343 e. The van der Waals surface area contributed by atoms with Crippen molar-refractivity contribution >= 4 is 73.8 Å². The average Bonchev–Trinajstić information content (AvgIpc) is 4.01. The highest BCUT2D eigenvalue weighted by molar-refractivity contribution is 7.16. The molecule has 2 aromatic heterocycles. The van der Waals surface area contributed by atoms with Gasteiger partial charge in [0.2, 0.25) is 41.4 Å². The van der Waals surface area contributed by atoms with Gasteiger partial charge in [-0.3, -0.25) is 33.6 Å². The second-order valence-electron chi connectivity index (χ2n) is 21.6. The molecule has 7 rings (SSSR count). The van der Waals surface area contributed by atoms with Gasteiger partial charge in [0, 0.05) is 57.0 Å². The molecule has 0 radical (unpaired) electrons. The molecule has 0 aliphatic carbocycles. The summed E-state index contributed by atoms with van der Waals surface area (Å²) in [5.74, 6) is -5.03. The van der Waals surface area contributed by atoms with Crippen LogP contribution in [0.4, 0.5) is 4.39 Å². The number of allylic oxidation sites excluding steroid dienone is 1. The van der Waals surface area contributed by atoms with E-state index in [1.807, 2.05) is 101 Å². The monoisotopic (exact) mass is 1050 g/mol. The van der Waals surface area contributed by atoms with Gasteiger partial charge < -0.3 is 40.5 Å². The van der Waals surface area contributed by atoms with Gasteiger partial charge in [0.15, 0.2) is 0 Å². The van der Waals surface area contributed by atoms with E-state index in [-0.39, 0.29) is 50.5 Å². The van der Waals surface area contributed by atoms with E-state index in [4.69, 9.17) is 0 Å². The summed E-state index contributed by atoms with van der Waals surface area (Å²) < 4.78 is 17.2. The highest BCUT2D eigenvalue weighted by Crippen LogP contribution is 2.31. The SMILES string of the molecule is C=CC(C)(C)n1cc(C[C@@H]2NC(=O)[C@H](Cc3ccc(F)cc3)NC(=O)[C@H](CC(C)C)N3CCC[C@@H](C3=O)N(C)C(=O)[C@H](C)NC(=O)[C@H](Cc3ccc4ncsc4c3)NC(=O)[C@H](CC(C)C)N(C)C2=O)c2ccccc21. The molecule has 7 amide bonds. The quantitative estimate of drug-likeness (QED) is 0.109. The number of hydrogen-bond acceptors (Lipinski definition) is 9. The number of nitrogens with one attached hydrogen (secondary N) is 4. The Labute approximate surface area is 442 Å². The second-order valence-corrected chi connectivity index (χ2v) is 22.5. The number of benzene rings is 3. The number of rotatable bonds is 12. The van der Waals surface area contributed by atoms with Gasteiger partial charge in [-0.1, -0.05) is 70.2 Å². The van der Waals surface area contributed by atoms with E-state index >= 15 is 9.59 Å². The summed E-state index contributed by atoms with van der Waals surface area (Å²) in [6.45, 7) is 17.4. The van der Waals surface area contributed by atoms with E-state index in [1.165, 1.54) is 71.3 Å². The van der Waals surface area contributed by atoms with Crippen molar-refractivity contribution in [1.29, 1.82) is 0 Å². The molecule has 7 atom stereocenters. The van der Waals surface area contributed by atoms with Gasteiger partial charge in [0.05, 0.1) is 21.3 Å². The van der Waals surface area contributed by atoms with Gasteiger partial charge >= 0.3 is 0 Å². The third kappa shape index (κ3) is 12.9. The normalized spacial score (nSPS) is 23.3. The van der Waals surface area contributed by atoms with E-state index in [9.17, 15) is 28.4 Å². The van der Waals surface area contributed by atoms with Crippen molar-refractivity contribution in [2.24, 2.45) is 11.8 Å². The van der Waals surface area contributed by atoms with Crippen molar-refractivity contribution in [1.82, 2.24) is 45.5 Å². The Balaban J connectivity index is 1.36. The Morgan fingerprint density at radius 2 is 1.33 bits per heavy atom. The number of hydrogen-bond donors (Lipinski definition) is 4. The highest BCUT2D eigenvalue weighted by Gasteiger charge is 2.43. The van der Waals surface area contributed by atoms with Crippen molar-refractivity contribution in [3.8, 4) is 0 Å². The minimum Gasteiger partial charge on any atom is -0.343 e. The first-order valence-corrected chi connectivity index (χ1v) is 26.8.